The van der Waals surface area contributed by atoms with E-state index >= 15 is 0 Å². The number of aliphatic hydroxyl groups excluding tert-OH is 1. The van der Waals surface area contributed by atoms with Gasteiger partial charge in [0.05, 0.1) is 29.1 Å². The predicted molar refractivity (Wildman–Crippen MR) is 115 cm³/mol. The molecular formula is C21H20ClFN6O. The lowest BCUT2D eigenvalue weighted by molar-refractivity contribution is 0.114. The van der Waals surface area contributed by atoms with E-state index in [-0.39, 0.29) is 6.04 Å². The van der Waals surface area contributed by atoms with Gasteiger partial charge >= 0.3 is 0 Å². The van der Waals surface area contributed by atoms with Gasteiger partial charge in [0.2, 0.25) is 0 Å². The highest BCUT2D eigenvalue weighted by Gasteiger charge is 2.23. The normalized spacial score (nSPS) is 19.7. The molecule has 1 aromatic carbocycles. The molecule has 0 spiro atoms. The van der Waals surface area contributed by atoms with Crippen LogP contribution >= 0.6 is 11.6 Å². The molecule has 0 saturated carbocycles. The second-order valence-electron chi connectivity index (χ2n) is 7.74. The second kappa shape index (κ2) is 7.16. The molecule has 3 aromatic heterocycles. The summed E-state index contributed by atoms with van der Waals surface area (Å²) in [5.74, 6) is -0.407. The van der Waals surface area contributed by atoms with Gasteiger partial charge in [-0.05, 0) is 31.2 Å². The summed E-state index contributed by atoms with van der Waals surface area (Å²) < 4.78 is 16.1. The van der Waals surface area contributed by atoms with E-state index in [9.17, 15) is 9.50 Å². The van der Waals surface area contributed by atoms with Crippen LogP contribution in [0.5, 0.6) is 0 Å². The number of halogens is 2. The molecule has 0 bridgehead atoms. The van der Waals surface area contributed by atoms with Crippen LogP contribution in [0.25, 0.3) is 33.2 Å². The Morgan fingerprint density at radius 1 is 1.23 bits per heavy atom. The third kappa shape index (κ3) is 3.36. The number of benzene rings is 1. The minimum absolute atomic E-state index is 0.151. The molecule has 0 radical (unpaired) electrons. The molecule has 30 heavy (non-hydrogen) atoms. The molecule has 1 fully saturated rings. The number of piperazine rings is 1. The summed E-state index contributed by atoms with van der Waals surface area (Å²) in [4.78, 5) is 11.2. The fourth-order valence-electron chi connectivity index (χ4n) is 3.99. The van der Waals surface area contributed by atoms with Gasteiger partial charge in [0, 0.05) is 42.2 Å². The van der Waals surface area contributed by atoms with Crippen LogP contribution < -0.4 is 10.2 Å². The van der Waals surface area contributed by atoms with Crippen molar-refractivity contribution in [3.63, 3.8) is 0 Å². The van der Waals surface area contributed by atoms with Gasteiger partial charge in [-0.2, -0.15) is 5.10 Å². The molecule has 1 aliphatic rings. The number of nitrogens with one attached hydrogen (secondary N) is 1. The van der Waals surface area contributed by atoms with Gasteiger partial charge in [-0.3, -0.25) is 10.00 Å². The summed E-state index contributed by atoms with van der Waals surface area (Å²) in [7, 11) is 1.75. The summed E-state index contributed by atoms with van der Waals surface area (Å²) in [6, 6.07) is 7.06. The third-order valence-corrected chi connectivity index (χ3v) is 5.61. The lowest BCUT2D eigenvalue weighted by Crippen LogP contribution is -2.55. The minimum atomic E-state index is -0.599. The van der Waals surface area contributed by atoms with Gasteiger partial charge in [0.1, 0.15) is 11.7 Å². The van der Waals surface area contributed by atoms with Gasteiger partial charge < -0.3 is 10.0 Å². The van der Waals surface area contributed by atoms with Crippen molar-refractivity contribution < 1.29 is 9.50 Å². The summed E-state index contributed by atoms with van der Waals surface area (Å²) in [5, 5.41) is 19.1. The smallest absolute Gasteiger partial charge is 0.161 e. The number of pyridine rings is 2. The van der Waals surface area contributed by atoms with E-state index in [1.807, 2.05) is 19.1 Å². The molecule has 9 heteroatoms. The van der Waals surface area contributed by atoms with Crippen LogP contribution in [0, 0.1) is 5.82 Å². The Balaban J connectivity index is 1.56. The summed E-state index contributed by atoms with van der Waals surface area (Å²) >= 11 is 6.57. The first kappa shape index (κ1) is 19.2. The number of fused-ring (bicyclic) bond motifs is 2. The van der Waals surface area contributed by atoms with Crippen LogP contribution in [-0.2, 0) is 7.05 Å². The molecule has 1 aliphatic heterocycles. The van der Waals surface area contributed by atoms with Crippen molar-refractivity contribution in [3.05, 3.63) is 47.5 Å². The van der Waals surface area contributed by atoms with E-state index in [1.165, 1.54) is 6.07 Å². The maximum Gasteiger partial charge on any atom is 0.161 e. The van der Waals surface area contributed by atoms with Crippen LogP contribution in [0.15, 0.2) is 36.7 Å². The molecule has 0 aliphatic carbocycles. The molecular weight excluding hydrogens is 407 g/mol. The highest BCUT2D eigenvalue weighted by molar-refractivity contribution is 6.35. The van der Waals surface area contributed by atoms with Crippen LogP contribution in [0.4, 0.5) is 10.1 Å². The zero-order valence-corrected chi connectivity index (χ0v) is 17.2. The van der Waals surface area contributed by atoms with Crippen molar-refractivity contribution >= 4 is 39.2 Å². The molecule has 5 rings (SSSR count). The van der Waals surface area contributed by atoms with Crippen molar-refractivity contribution in [2.24, 2.45) is 7.05 Å². The molecule has 2 N–H and O–H groups in total. The Labute approximate surface area is 177 Å². The third-order valence-electron chi connectivity index (χ3n) is 5.30. The monoisotopic (exact) mass is 426 g/mol. The van der Waals surface area contributed by atoms with Crippen molar-refractivity contribution in [3.8, 4) is 11.3 Å². The predicted octanol–water partition coefficient (Wildman–Crippen LogP) is 3.09. The fourth-order valence-corrected chi connectivity index (χ4v) is 4.24. The molecule has 0 unspecified atom stereocenters. The van der Waals surface area contributed by atoms with E-state index in [2.05, 4.69) is 25.3 Å². The van der Waals surface area contributed by atoms with E-state index in [1.54, 1.807) is 30.2 Å². The quantitative estimate of drug-likeness (QED) is 0.513. The van der Waals surface area contributed by atoms with Crippen LogP contribution in [-0.4, -0.2) is 50.2 Å². The van der Waals surface area contributed by atoms with Crippen molar-refractivity contribution in [2.75, 3.05) is 18.0 Å². The number of nitrogens with zero attached hydrogens (tertiary/aromatic N) is 5. The number of aromatic nitrogens is 4. The van der Waals surface area contributed by atoms with Crippen molar-refractivity contribution in [2.45, 2.75) is 19.2 Å². The largest absolute Gasteiger partial charge is 0.377 e. The number of anilines is 1. The molecule has 7 nitrogen and oxygen atoms in total. The summed E-state index contributed by atoms with van der Waals surface area (Å²) in [5.41, 5.74) is 2.83. The number of aliphatic hydroxyl groups is 1. The molecule has 4 aromatic rings. The van der Waals surface area contributed by atoms with E-state index < -0.39 is 12.0 Å². The Bertz CT molecular complexity index is 1270. The molecule has 4 heterocycles. The van der Waals surface area contributed by atoms with Crippen molar-refractivity contribution in [1.82, 2.24) is 25.1 Å². The highest BCUT2D eigenvalue weighted by atomic mass is 35.5. The Morgan fingerprint density at radius 2 is 2.07 bits per heavy atom. The number of rotatable bonds is 2. The van der Waals surface area contributed by atoms with Gasteiger partial charge in [-0.25, -0.2) is 14.4 Å². The van der Waals surface area contributed by atoms with Gasteiger partial charge in [0.15, 0.2) is 11.5 Å². The first-order valence-electron chi connectivity index (χ1n) is 9.66. The minimum Gasteiger partial charge on any atom is -0.377 e. The first-order chi connectivity index (χ1) is 14.4. The van der Waals surface area contributed by atoms with Gasteiger partial charge in [-0.15, -0.1) is 0 Å². The number of β-amino-alcohol motifs (C(OH)–C–C–N with tert-alkyl or cyclic N) is 1. The molecule has 154 valence electrons. The molecule has 2 atom stereocenters. The number of hydrogen-bond acceptors (Lipinski definition) is 6. The lowest BCUT2D eigenvalue weighted by atomic mass is 10.1. The first-order valence-corrected chi connectivity index (χ1v) is 10.0. The zero-order valence-electron chi connectivity index (χ0n) is 16.5. The molecule has 1 saturated heterocycles. The Morgan fingerprint density at radius 3 is 2.87 bits per heavy atom. The van der Waals surface area contributed by atoms with Crippen LogP contribution in [0.3, 0.4) is 0 Å². The Hall–Kier alpha value is -2.81. The van der Waals surface area contributed by atoms with Gasteiger partial charge in [-0.1, -0.05) is 11.6 Å². The number of hydrogen-bond donors (Lipinski definition) is 2. The van der Waals surface area contributed by atoms with Crippen LogP contribution in [0.2, 0.25) is 5.02 Å². The van der Waals surface area contributed by atoms with E-state index in [0.717, 1.165) is 12.2 Å². The maximum absolute atomic E-state index is 14.5. The molecule has 0 amide bonds. The standard InChI is InChI=1S/C21H20ClFN6O/c1-11-8-29(10-19(30)25-11)14-5-15-16(22)6-18(26-21(15)24-7-14)12-3-13-9-28(2)27-20(13)17(23)4-12/h3-7,9,11,19,25,30H,8,10H2,1-2H3/t11-,19+/m0/s1. The maximum atomic E-state index is 14.5. The number of aryl methyl sites for hydroxylation is 1. The lowest BCUT2D eigenvalue weighted by Gasteiger charge is -2.36. The Kier molecular flexibility index (Phi) is 4.57. The van der Waals surface area contributed by atoms with E-state index in [0.29, 0.717) is 44.8 Å². The highest BCUT2D eigenvalue weighted by Crippen LogP contribution is 2.32. The van der Waals surface area contributed by atoms with Crippen LogP contribution in [0.1, 0.15) is 6.92 Å². The topological polar surface area (TPSA) is 79.1 Å². The fraction of sp³-hybridized carbons (Fsp3) is 0.286. The van der Waals surface area contributed by atoms with Crippen molar-refractivity contribution in [1.29, 1.82) is 0 Å². The van der Waals surface area contributed by atoms with Gasteiger partial charge in [0.25, 0.3) is 0 Å². The van der Waals surface area contributed by atoms with E-state index in [4.69, 9.17) is 11.6 Å². The average Bonchev–Trinajstić information content (AvgIpc) is 3.08. The zero-order chi connectivity index (χ0) is 21.0. The SMILES string of the molecule is C[C@H]1CN(c2cnc3nc(-c4cc(F)c5nn(C)cc5c4)cc(Cl)c3c2)C[C@@H](O)N1. The summed E-state index contributed by atoms with van der Waals surface area (Å²) in [6.45, 7) is 3.23. The second-order valence-corrected chi connectivity index (χ2v) is 8.15. The summed E-state index contributed by atoms with van der Waals surface area (Å²) in [6.07, 6.45) is 2.89. The average molecular weight is 427 g/mol.